The van der Waals surface area contributed by atoms with Gasteiger partial charge in [0.1, 0.15) is 0 Å². The summed E-state index contributed by atoms with van der Waals surface area (Å²) >= 11 is 0. The number of non-ortho nitro benzene ring substituents is 1. The van der Waals surface area contributed by atoms with Gasteiger partial charge in [0.05, 0.1) is 4.92 Å². The van der Waals surface area contributed by atoms with Crippen molar-refractivity contribution in [2.75, 3.05) is 0 Å². The predicted molar refractivity (Wildman–Crippen MR) is 53.7 cm³/mol. The molecule has 0 aliphatic heterocycles. The maximum atomic E-state index is 10.5. The van der Waals surface area contributed by atoms with Crippen LogP contribution in [0.4, 0.5) is 5.69 Å². The maximum absolute atomic E-state index is 10.5. The van der Waals surface area contributed by atoms with Gasteiger partial charge in [0.25, 0.3) is 5.69 Å². The fourth-order valence-electron chi connectivity index (χ4n) is 1.13. The van der Waals surface area contributed by atoms with Gasteiger partial charge in [0, 0.05) is 18.6 Å². The number of hydrogen-bond acceptors (Lipinski definition) is 5. The highest BCUT2D eigenvalue weighted by Crippen LogP contribution is 2.13. The van der Waals surface area contributed by atoms with Gasteiger partial charge in [0.2, 0.25) is 0 Å². The summed E-state index contributed by atoms with van der Waals surface area (Å²) in [7, 11) is 0. The Bertz CT molecular complexity index is 455. The van der Waals surface area contributed by atoms with Crippen molar-refractivity contribution in [1.29, 1.82) is 0 Å². The van der Waals surface area contributed by atoms with Gasteiger partial charge in [-0.1, -0.05) is 17.3 Å². The van der Waals surface area contributed by atoms with E-state index in [4.69, 9.17) is 10.3 Å². The van der Waals surface area contributed by atoms with Crippen LogP contribution in [-0.2, 0) is 11.2 Å². The minimum atomic E-state index is -1.37. The first-order chi connectivity index (χ1) is 7.54. The third kappa shape index (κ3) is 2.77. The molecule has 0 radical (unpaired) electrons. The van der Waals surface area contributed by atoms with Crippen molar-refractivity contribution >= 4 is 17.4 Å². The zero-order valence-electron chi connectivity index (χ0n) is 8.03. The Hall–Kier alpha value is -2.44. The second-order valence-electron chi connectivity index (χ2n) is 2.96. The highest BCUT2D eigenvalue weighted by atomic mass is 16.6. The predicted octanol–water partition coefficient (Wildman–Crippen LogP) is 1.05. The standard InChI is InChI=1S/C9H8N2O5/c12-9(13)8(10-14)5-6-2-1-3-7(4-6)11(15)16/h1-4,14H,5H2,(H,12,13)/b10-8+. The van der Waals surface area contributed by atoms with E-state index in [1.165, 1.54) is 24.3 Å². The van der Waals surface area contributed by atoms with Crippen molar-refractivity contribution in [2.24, 2.45) is 5.16 Å². The molecule has 0 spiro atoms. The monoisotopic (exact) mass is 224 g/mol. The third-order valence-corrected chi connectivity index (χ3v) is 1.86. The summed E-state index contributed by atoms with van der Waals surface area (Å²) in [6, 6.07) is 5.47. The normalized spacial score (nSPS) is 11.1. The first kappa shape index (κ1) is 11.6. The second-order valence-corrected chi connectivity index (χ2v) is 2.96. The topological polar surface area (TPSA) is 113 Å². The van der Waals surface area contributed by atoms with Crippen molar-refractivity contribution in [3.63, 3.8) is 0 Å². The highest BCUT2D eigenvalue weighted by molar-refractivity contribution is 6.35. The van der Waals surface area contributed by atoms with E-state index in [-0.39, 0.29) is 12.1 Å². The number of rotatable bonds is 4. The van der Waals surface area contributed by atoms with Gasteiger partial charge in [0.15, 0.2) is 5.71 Å². The van der Waals surface area contributed by atoms with E-state index in [1.54, 1.807) is 0 Å². The molecule has 0 aromatic heterocycles. The second kappa shape index (κ2) is 4.87. The Morgan fingerprint density at radius 1 is 1.50 bits per heavy atom. The molecule has 16 heavy (non-hydrogen) atoms. The highest BCUT2D eigenvalue weighted by Gasteiger charge is 2.13. The summed E-state index contributed by atoms with van der Waals surface area (Å²) in [5.41, 5.74) is -0.218. The molecule has 7 heteroatoms. The molecule has 1 aromatic carbocycles. The number of aliphatic carboxylic acids is 1. The molecule has 0 aliphatic rings. The zero-order chi connectivity index (χ0) is 12.1. The molecule has 0 saturated carbocycles. The first-order valence-corrected chi connectivity index (χ1v) is 4.22. The molecule has 0 unspecified atom stereocenters. The molecule has 0 saturated heterocycles. The number of nitro groups is 1. The molecule has 84 valence electrons. The van der Waals surface area contributed by atoms with Crippen molar-refractivity contribution in [3.05, 3.63) is 39.9 Å². The summed E-state index contributed by atoms with van der Waals surface area (Å²) < 4.78 is 0. The third-order valence-electron chi connectivity index (χ3n) is 1.86. The van der Waals surface area contributed by atoms with Crippen LogP contribution in [0.2, 0.25) is 0 Å². The molecule has 0 atom stereocenters. The Morgan fingerprint density at radius 3 is 2.69 bits per heavy atom. The zero-order valence-corrected chi connectivity index (χ0v) is 8.03. The number of oxime groups is 1. The molecule has 1 rings (SSSR count). The van der Waals surface area contributed by atoms with Crippen LogP contribution in [0.3, 0.4) is 0 Å². The average Bonchev–Trinajstić information content (AvgIpc) is 2.25. The molecule has 2 N–H and O–H groups in total. The lowest BCUT2D eigenvalue weighted by molar-refractivity contribution is -0.384. The van der Waals surface area contributed by atoms with Crippen LogP contribution in [0.5, 0.6) is 0 Å². The van der Waals surface area contributed by atoms with Crippen LogP contribution in [0.25, 0.3) is 0 Å². The Balaban J connectivity index is 2.94. The van der Waals surface area contributed by atoms with Crippen molar-refractivity contribution < 1.29 is 20.0 Å². The Kier molecular flexibility index (Phi) is 3.54. The lowest BCUT2D eigenvalue weighted by Gasteiger charge is -1.99. The number of carbonyl (C=O) groups is 1. The summed E-state index contributed by atoms with van der Waals surface area (Å²) in [4.78, 5) is 20.4. The number of benzene rings is 1. The smallest absolute Gasteiger partial charge is 0.354 e. The number of nitro benzene ring substituents is 1. The van der Waals surface area contributed by atoms with E-state index < -0.39 is 16.6 Å². The van der Waals surface area contributed by atoms with Crippen LogP contribution >= 0.6 is 0 Å². The van der Waals surface area contributed by atoms with E-state index in [2.05, 4.69) is 5.16 Å². The summed E-state index contributed by atoms with van der Waals surface area (Å²) in [5.74, 6) is -1.37. The average molecular weight is 224 g/mol. The summed E-state index contributed by atoms with van der Waals surface area (Å²) in [5, 5.41) is 30.1. The van der Waals surface area contributed by atoms with Crippen molar-refractivity contribution in [2.45, 2.75) is 6.42 Å². The first-order valence-electron chi connectivity index (χ1n) is 4.22. The van der Waals surface area contributed by atoms with Crippen LogP contribution in [0.1, 0.15) is 5.56 Å². The van der Waals surface area contributed by atoms with E-state index in [1.807, 2.05) is 0 Å². The van der Waals surface area contributed by atoms with Crippen molar-refractivity contribution in [1.82, 2.24) is 0 Å². The van der Waals surface area contributed by atoms with Gasteiger partial charge < -0.3 is 10.3 Å². The fourth-order valence-corrected chi connectivity index (χ4v) is 1.13. The Morgan fingerprint density at radius 2 is 2.19 bits per heavy atom. The van der Waals surface area contributed by atoms with Crippen LogP contribution < -0.4 is 0 Å². The van der Waals surface area contributed by atoms with E-state index in [0.717, 1.165) is 0 Å². The molecule has 0 bridgehead atoms. The Labute approximate surface area is 89.8 Å². The van der Waals surface area contributed by atoms with Crippen LogP contribution in [0.15, 0.2) is 29.4 Å². The van der Waals surface area contributed by atoms with Gasteiger partial charge >= 0.3 is 5.97 Å². The van der Waals surface area contributed by atoms with E-state index in [0.29, 0.717) is 5.56 Å². The molecular weight excluding hydrogens is 216 g/mol. The van der Waals surface area contributed by atoms with Crippen molar-refractivity contribution in [3.8, 4) is 0 Å². The number of carboxylic acids is 1. The molecule has 7 nitrogen and oxygen atoms in total. The number of nitrogens with zero attached hydrogens (tertiary/aromatic N) is 2. The van der Waals surface area contributed by atoms with Gasteiger partial charge in [-0.25, -0.2) is 4.79 Å². The van der Waals surface area contributed by atoms with Gasteiger partial charge in [-0.2, -0.15) is 0 Å². The molecule has 0 fully saturated rings. The molecule has 0 aliphatic carbocycles. The quantitative estimate of drug-likeness (QED) is 0.343. The number of hydrogen-bond donors (Lipinski definition) is 2. The van der Waals surface area contributed by atoms with Crippen LogP contribution in [0, 0.1) is 10.1 Å². The van der Waals surface area contributed by atoms with E-state index in [9.17, 15) is 14.9 Å². The lowest BCUT2D eigenvalue weighted by atomic mass is 10.1. The van der Waals surface area contributed by atoms with Gasteiger partial charge in [-0.05, 0) is 5.56 Å². The maximum Gasteiger partial charge on any atom is 0.354 e. The summed E-state index contributed by atoms with van der Waals surface area (Å²) in [6.07, 6.45) is -0.173. The van der Waals surface area contributed by atoms with E-state index >= 15 is 0 Å². The minimum absolute atomic E-state index is 0.139. The SMILES string of the molecule is O=C(O)/C(Cc1cccc([N+](=O)[O-])c1)=N/O. The molecular formula is C9H8N2O5. The molecule has 0 amide bonds. The number of carboxylic acid groups (broad SMARTS) is 1. The summed E-state index contributed by atoms with van der Waals surface area (Å²) in [6.45, 7) is 0. The van der Waals surface area contributed by atoms with Gasteiger partial charge in [-0.15, -0.1) is 0 Å². The molecule has 1 aromatic rings. The molecule has 0 heterocycles. The fraction of sp³-hybridized carbons (Fsp3) is 0.111. The largest absolute Gasteiger partial charge is 0.477 e. The minimum Gasteiger partial charge on any atom is -0.477 e. The van der Waals surface area contributed by atoms with Gasteiger partial charge in [-0.3, -0.25) is 10.1 Å². The van der Waals surface area contributed by atoms with Crippen LogP contribution in [-0.4, -0.2) is 26.9 Å². The lowest BCUT2D eigenvalue weighted by Crippen LogP contribution is -2.15.